The quantitative estimate of drug-likeness (QED) is 0.558. The fraction of sp³-hybridized carbons (Fsp3) is 0.208. The molecule has 0 bridgehead atoms. The van der Waals surface area contributed by atoms with Gasteiger partial charge in [0.2, 0.25) is 5.71 Å². The van der Waals surface area contributed by atoms with E-state index < -0.39 is 0 Å². The summed E-state index contributed by atoms with van der Waals surface area (Å²) >= 11 is 0. The van der Waals surface area contributed by atoms with Crippen molar-refractivity contribution in [3.8, 4) is 28.5 Å². The first-order chi connectivity index (χ1) is 14.6. The fourth-order valence-electron chi connectivity index (χ4n) is 4.10. The molecule has 1 aliphatic carbocycles. The van der Waals surface area contributed by atoms with E-state index >= 15 is 0 Å². The van der Waals surface area contributed by atoms with E-state index in [1.165, 1.54) is 10.9 Å². The molecule has 2 heterocycles. The third kappa shape index (κ3) is 2.83. The highest BCUT2D eigenvalue weighted by molar-refractivity contribution is 5.99. The second-order valence-corrected chi connectivity index (χ2v) is 7.78. The minimum atomic E-state index is -0.289. The number of aromatic nitrogens is 2. The van der Waals surface area contributed by atoms with Crippen molar-refractivity contribution in [1.29, 1.82) is 5.26 Å². The van der Waals surface area contributed by atoms with Gasteiger partial charge in [0, 0.05) is 16.7 Å². The van der Waals surface area contributed by atoms with E-state index in [9.17, 15) is 4.79 Å². The van der Waals surface area contributed by atoms with Crippen LogP contribution in [0.2, 0.25) is 0 Å². The second-order valence-electron chi connectivity index (χ2n) is 7.78. The summed E-state index contributed by atoms with van der Waals surface area (Å²) in [5, 5.41) is 9.41. The Balaban J connectivity index is 1.73. The fourth-order valence-corrected chi connectivity index (χ4v) is 4.10. The Bertz CT molecular complexity index is 1320. The highest BCUT2D eigenvalue weighted by Gasteiger charge is 2.34. The third-order valence-corrected chi connectivity index (χ3v) is 5.95. The molecule has 0 amide bonds. The summed E-state index contributed by atoms with van der Waals surface area (Å²) in [7, 11) is 0. The maximum Gasteiger partial charge on any atom is 0.266 e. The van der Waals surface area contributed by atoms with Crippen molar-refractivity contribution in [3.05, 3.63) is 76.8 Å². The van der Waals surface area contributed by atoms with Crippen molar-refractivity contribution < 1.29 is 4.42 Å². The Morgan fingerprint density at radius 3 is 2.47 bits per heavy atom. The molecule has 1 saturated carbocycles. The summed E-state index contributed by atoms with van der Waals surface area (Å²) in [6.45, 7) is -0.0657. The van der Waals surface area contributed by atoms with Crippen LogP contribution in [0.15, 0.2) is 70.1 Å². The summed E-state index contributed by atoms with van der Waals surface area (Å²) in [4.78, 5) is 17.4. The van der Waals surface area contributed by atoms with Crippen LogP contribution >= 0.6 is 0 Å². The maximum absolute atomic E-state index is 13.1. The molecule has 6 heteroatoms. The average molecular weight is 396 g/mol. The first kappa shape index (κ1) is 18.3. The van der Waals surface area contributed by atoms with Crippen LogP contribution in [0, 0.1) is 11.3 Å². The monoisotopic (exact) mass is 396 g/mol. The first-order valence-electron chi connectivity index (χ1n) is 9.95. The maximum atomic E-state index is 13.1. The van der Waals surface area contributed by atoms with Crippen LogP contribution < -0.4 is 11.3 Å². The molecule has 0 unspecified atom stereocenters. The number of nitrogens with zero attached hydrogens (tertiary/aromatic N) is 3. The van der Waals surface area contributed by atoms with Gasteiger partial charge in [-0.3, -0.25) is 9.36 Å². The number of furan rings is 1. The molecule has 0 aliphatic heterocycles. The highest BCUT2D eigenvalue weighted by atomic mass is 16.3. The van der Waals surface area contributed by atoms with Crippen molar-refractivity contribution in [1.82, 2.24) is 9.55 Å². The van der Waals surface area contributed by atoms with Crippen molar-refractivity contribution in [2.45, 2.75) is 31.3 Å². The first-order valence-corrected chi connectivity index (χ1v) is 9.95. The van der Waals surface area contributed by atoms with Crippen LogP contribution in [0.4, 0.5) is 0 Å². The number of fused-ring (bicyclic) bond motifs is 1. The SMILES string of the molecule is N#CCn1cnc2oc(-c3ccc(C4(N)CCC4)cc3)c(-c3ccccc3)c2c1=O. The van der Waals surface area contributed by atoms with Gasteiger partial charge in [-0.25, -0.2) is 4.98 Å². The molecule has 0 spiro atoms. The molecule has 2 aromatic heterocycles. The van der Waals surface area contributed by atoms with Crippen LogP contribution in [0.1, 0.15) is 24.8 Å². The van der Waals surface area contributed by atoms with Crippen LogP contribution in [0.5, 0.6) is 0 Å². The lowest BCUT2D eigenvalue weighted by Crippen LogP contribution is -2.43. The van der Waals surface area contributed by atoms with E-state index in [1.807, 2.05) is 60.7 Å². The van der Waals surface area contributed by atoms with Gasteiger partial charge in [-0.05, 0) is 30.4 Å². The average Bonchev–Trinajstić information content (AvgIpc) is 3.15. The summed E-state index contributed by atoms with van der Waals surface area (Å²) in [6.07, 6.45) is 4.50. The minimum Gasteiger partial charge on any atom is -0.437 e. The lowest BCUT2D eigenvalue weighted by molar-refractivity contribution is 0.253. The van der Waals surface area contributed by atoms with E-state index in [0.717, 1.165) is 36.0 Å². The molecule has 2 aromatic carbocycles. The predicted molar refractivity (Wildman–Crippen MR) is 114 cm³/mol. The molecule has 6 nitrogen and oxygen atoms in total. The zero-order valence-corrected chi connectivity index (χ0v) is 16.3. The minimum absolute atomic E-state index is 0.0657. The number of nitrogens with two attached hydrogens (primary N) is 1. The summed E-state index contributed by atoms with van der Waals surface area (Å²) in [6, 6.07) is 19.7. The molecular formula is C24H20N4O2. The number of nitriles is 1. The van der Waals surface area contributed by atoms with Gasteiger partial charge in [-0.1, -0.05) is 54.6 Å². The molecule has 30 heavy (non-hydrogen) atoms. The lowest BCUT2D eigenvalue weighted by Gasteiger charge is -2.38. The zero-order valence-electron chi connectivity index (χ0n) is 16.3. The Hall–Kier alpha value is -3.69. The topological polar surface area (TPSA) is 97.8 Å². The molecule has 0 saturated heterocycles. The van der Waals surface area contributed by atoms with Crippen LogP contribution in [-0.4, -0.2) is 9.55 Å². The molecule has 5 rings (SSSR count). The molecule has 0 atom stereocenters. The largest absolute Gasteiger partial charge is 0.437 e. The molecule has 0 radical (unpaired) electrons. The Kier molecular flexibility index (Phi) is 4.27. The molecule has 2 N–H and O–H groups in total. The Labute approximate surface area is 173 Å². The second kappa shape index (κ2) is 6.97. The molecule has 4 aromatic rings. The lowest BCUT2D eigenvalue weighted by atomic mass is 9.72. The van der Waals surface area contributed by atoms with Crippen LogP contribution in [0.3, 0.4) is 0 Å². The summed E-state index contributed by atoms with van der Waals surface area (Å²) < 4.78 is 7.38. The van der Waals surface area contributed by atoms with Crippen molar-refractivity contribution >= 4 is 11.1 Å². The molecule has 1 aliphatic rings. The third-order valence-electron chi connectivity index (χ3n) is 5.95. The summed E-state index contributed by atoms with van der Waals surface area (Å²) in [5.41, 5.74) is 9.71. The van der Waals surface area contributed by atoms with E-state index in [0.29, 0.717) is 16.7 Å². The van der Waals surface area contributed by atoms with Crippen LogP contribution in [0.25, 0.3) is 33.6 Å². The van der Waals surface area contributed by atoms with Gasteiger partial charge in [-0.2, -0.15) is 5.26 Å². The van der Waals surface area contributed by atoms with E-state index in [-0.39, 0.29) is 23.4 Å². The Morgan fingerprint density at radius 2 is 1.83 bits per heavy atom. The van der Waals surface area contributed by atoms with Crippen molar-refractivity contribution in [2.75, 3.05) is 0 Å². The van der Waals surface area contributed by atoms with Gasteiger partial charge in [0.15, 0.2) is 0 Å². The number of rotatable bonds is 4. The van der Waals surface area contributed by atoms with Crippen molar-refractivity contribution in [3.63, 3.8) is 0 Å². The number of benzene rings is 2. The van der Waals surface area contributed by atoms with Gasteiger partial charge in [0.25, 0.3) is 5.56 Å². The number of hydrogen-bond acceptors (Lipinski definition) is 5. The number of hydrogen-bond donors (Lipinski definition) is 1. The molecule has 1 fully saturated rings. The van der Waals surface area contributed by atoms with E-state index in [4.69, 9.17) is 15.4 Å². The van der Waals surface area contributed by atoms with Gasteiger partial charge in [0.1, 0.15) is 24.0 Å². The zero-order chi connectivity index (χ0) is 20.7. The van der Waals surface area contributed by atoms with Crippen LogP contribution in [-0.2, 0) is 12.1 Å². The van der Waals surface area contributed by atoms with Gasteiger partial charge >= 0.3 is 0 Å². The Morgan fingerprint density at radius 1 is 1.10 bits per heavy atom. The molecular weight excluding hydrogens is 376 g/mol. The van der Waals surface area contributed by atoms with E-state index in [2.05, 4.69) is 4.98 Å². The standard InChI is InChI=1S/C24H20N4O2/c25-13-14-28-15-27-22-20(23(28)29)19(16-5-2-1-3-6-16)21(30-22)17-7-9-18(10-8-17)24(26)11-4-12-24/h1-3,5-10,15H,4,11-12,14,26H2. The smallest absolute Gasteiger partial charge is 0.266 e. The predicted octanol–water partition coefficient (Wildman–Crippen LogP) is 4.18. The van der Waals surface area contributed by atoms with Gasteiger partial charge < -0.3 is 10.2 Å². The van der Waals surface area contributed by atoms with Gasteiger partial charge in [0.05, 0.1) is 6.07 Å². The van der Waals surface area contributed by atoms with E-state index in [1.54, 1.807) is 0 Å². The van der Waals surface area contributed by atoms with Gasteiger partial charge in [-0.15, -0.1) is 0 Å². The highest BCUT2D eigenvalue weighted by Crippen LogP contribution is 2.41. The normalized spacial score (nSPS) is 14.9. The molecule has 148 valence electrons. The summed E-state index contributed by atoms with van der Waals surface area (Å²) in [5.74, 6) is 0.585. The van der Waals surface area contributed by atoms with Crippen molar-refractivity contribution in [2.24, 2.45) is 5.73 Å².